The lowest BCUT2D eigenvalue weighted by Crippen LogP contribution is -2.18. The molecular weight excluding hydrogens is 424 g/mol. The van der Waals surface area contributed by atoms with Gasteiger partial charge in [0.15, 0.2) is 0 Å². The quantitative estimate of drug-likeness (QED) is 0.0760. The Kier molecular flexibility index (Phi) is 25.3. The fourth-order valence-electron chi connectivity index (χ4n) is 4.29. The topological polar surface area (TPSA) is 63.6 Å². The van der Waals surface area contributed by atoms with Gasteiger partial charge in [0.25, 0.3) is 0 Å². The maximum absolute atomic E-state index is 12.3. The molecule has 1 N–H and O–H groups in total. The van der Waals surface area contributed by atoms with Gasteiger partial charge in [-0.1, -0.05) is 109 Å². The molecule has 4 heteroatoms. The van der Waals surface area contributed by atoms with Gasteiger partial charge in [-0.05, 0) is 51.4 Å². The molecule has 34 heavy (non-hydrogen) atoms. The van der Waals surface area contributed by atoms with Crippen molar-refractivity contribution in [1.29, 1.82) is 0 Å². The molecule has 0 radical (unpaired) electrons. The van der Waals surface area contributed by atoms with Gasteiger partial charge in [-0.25, -0.2) is 0 Å². The van der Waals surface area contributed by atoms with Crippen molar-refractivity contribution in [3.05, 3.63) is 12.2 Å². The van der Waals surface area contributed by atoms with E-state index in [0.717, 1.165) is 25.7 Å². The number of carbonyl (C=O) groups excluding carboxylic acids is 1. The highest BCUT2D eigenvalue weighted by atomic mass is 16.5. The van der Waals surface area contributed by atoms with E-state index < -0.39 is 5.97 Å². The smallest absolute Gasteiger partial charge is 0.306 e. The van der Waals surface area contributed by atoms with Gasteiger partial charge in [0.05, 0.1) is 0 Å². The molecule has 0 aliphatic rings. The Morgan fingerprint density at radius 2 is 1.12 bits per heavy atom. The fourth-order valence-corrected chi connectivity index (χ4v) is 4.29. The maximum Gasteiger partial charge on any atom is 0.306 e. The summed E-state index contributed by atoms with van der Waals surface area (Å²) in [6.07, 6.45) is 29.2. The van der Waals surface area contributed by atoms with E-state index in [0.29, 0.717) is 19.3 Å². The van der Waals surface area contributed by atoms with Gasteiger partial charge >= 0.3 is 11.9 Å². The molecule has 0 spiro atoms. The van der Waals surface area contributed by atoms with Crippen LogP contribution < -0.4 is 0 Å². The second-order valence-corrected chi connectivity index (χ2v) is 9.94. The SMILES string of the molecule is CCCC/C=C\CCCCCCCC(=O)OC(CCCCCCCCCCC)CCCC(=O)O. The molecule has 0 heterocycles. The predicted molar refractivity (Wildman–Crippen MR) is 144 cm³/mol. The van der Waals surface area contributed by atoms with Gasteiger partial charge in [0, 0.05) is 12.8 Å². The number of carbonyl (C=O) groups is 2. The predicted octanol–water partition coefficient (Wildman–Crippen LogP) is 9.55. The standard InChI is InChI=1S/C30H56O4/c1-3-5-7-9-11-13-14-16-18-20-22-27-30(33)34-28(25-23-26-29(31)32)24-21-19-17-15-12-10-8-6-4-2/h9,11,28H,3-8,10,12-27H2,1-2H3,(H,31,32)/b11-9-. The molecule has 0 rings (SSSR count). The summed E-state index contributed by atoms with van der Waals surface area (Å²) in [5.41, 5.74) is 0. The van der Waals surface area contributed by atoms with Crippen LogP contribution in [0.1, 0.15) is 162 Å². The van der Waals surface area contributed by atoms with Gasteiger partial charge in [0.2, 0.25) is 0 Å². The maximum atomic E-state index is 12.3. The molecule has 1 atom stereocenters. The number of esters is 1. The van der Waals surface area contributed by atoms with Crippen molar-refractivity contribution in [3.8, 4) is 0 Å². The monoisotopic (exact) mass is 480 g/mol. The van der Waals surface area contributed by atoms with E-state index in [-0.39, 0.29) is 18.5 Å². The lowest BCUT2D eigenvalue weighted by Gasteiger charge is -2.18. The molecule has 0 saturated heterocycles. The molecular formula is C30H56O4. The Morgan fingerprint density at radius 1 is 0.618 bits per heavy atom. The van der Waals surface area contributed by atoms with Crippen LogP contribution in [0.2, 0.25) is 0 Å². The van der Waals surface area contributed by atoms with Gasteiger partial charge in [-0.3, -0.25) is 9.59 Å². The van der Waals surface area contributed by atoms with Gasteiger partial charge in [0.1, 0.15) is 6.10 Å². The lowest BCUT2D eigenvalue weighted by molar-refractivity contribution is -0.150. The van der Waals surface area contributed by atoms with Gasteiger partial charge in [-0.2, -0.15) is 0 Å². The molecule has 0 bridgehead atoms. The van der Waals surface area contributed by atoms with Crippen molar-refractivity contribution in [2.24, 2.45) is 0 Å². The van der Waals surface area contributed by atoms with E-state index in [4.69, 9.17) is 9.84 Å². The summed E-state index contributed by atoms with van der Waals surface area (Å²) in [5.74, 6) is -0.875. The van der Waals surface area contributed by atoms with Crippen LogP contribution in [-0.2, 0) is 14.3 Å². The van der Waals surface area contributed by atoms with Crippen LogP contribution >= 0.6 is 0 Å². The molecule has 200 valence electrons. The van der Waals surface area contributed by atoms with Crippen LogP contribution in [-0.4, -0.2) is 23.1 Å². The van der Waals surface area contributed by atoms with Gasteiger partial charge < -0.3 is 9.84 Å². The first kappa shape index (κ1) is 32.7. The number of allylic oxidation sites excluding steroid dienone is 2. The number of rotatable bonds is 26. The van der Waals surface area contributed by atoms with E-state index in [1.54, 1.807) is 0 Å². The molecule has 0 saturated carbocycles. The van der Waals surface area contributed by atoms with Crippen LogP contribution in [0.4, 0.5) is 0 Å². The van der Waals surface area contributed by atoms with E-state index in [2.05, 4.69) is 26.0 Å². The minimum Gasteiger partial charge on any atom is -0.481 e. The number of carboxylic acid groups (broad SMARTS) is 1. The third-order valence-electron chi connectivity index (χ3n) is 6.49. The number of unbranched alkanes of at least 4 members (excludes halogenated alkanes) is 15. The fraction of sp³-hybridized carbons (Fsp3) is 0.867. The Balaban J connectivity index is 3.91. The van der Waals surface area contributed by atoms with Crippen molar-refractivity contribution in [2.45, 2.75) is 168 Å². The Morgan fingerprint density at radius 3 is 1.74 bits per heavy atom. The molecule has 0 amide bonds. The Labute approximate surface area is 211 Å². The highest BCUT2D eigenvalue weighted by molar-refractivity contribution is 5.69. The van der Waals surface area contributed by atoms with E-state index >= 15 is 0 Å². The van der Waals surface area contributed by atoms with Crippen LogP contribution in [0, 0.1) is 0 Å². The first-order valence-corrected chi connectivity index (χ1v) is 14.7. The first-order valence-electron chi connectivity index (χ1n) is 14.7. The molecule has 0 aromatic rings. The van der Waals surface area contributed by atoms with Crippen LogP contribution in [0.3, 0.4) is 0 Å². The third kappa shape index (κ3) is 25.3. The molecule has 0 aliphatic carbocycles. The first-order chi connectivity index (χ1) is 16.6. The number of ether oxygens (including phenoxy) is 1. The lowest BCUT2D eigenvalue weighted by atomic mass is 10.0. The Hall–Kier alpha value is -1.32. The number of hydrogen-bond acceptors (Lipinski definition) is 3. The van der Waals surface area contributed by atoms with Crippen LogP contribution in [0.5, 0.6) is 0 Å². The van der Waals surface area contributed by atoms with Crippen molar-refractivity contribution in [2.75, 3.05) is 0 Å². The minimum absolute atomic E-state index is 0.102. The largest absolute Gasteiger partial charge is 0.481 e. The number of carboxylic acids is 1. The summed E-state index contributed by atoms with van der Waals surface area (Å²) >= 11 is 0. The zero-order chi connectivity index (χ0) is 25.1. The number of aliphatic carboxylic acids is 1. The van der Waals surface area contributed by atoms with E-state index in [1.807, 2.05) is 0 Å². The van der Waals surface area contributed by atoms with E-state index in [1.165, 1.54) is 96.3 Å². The Bertz CT molecular complexity index is 486. The second-order valence-electron chi connectivity index (χ2n) is 9.94. The third-order valence-corrected chi connectivity index (χ3v) is 6.49. The summed E-state index contributed by atoms with van der Waals surface area (Å²) in [5, 5.41) is 8.92. The van der Waals surface area contributed by atoms with Crippen molar-refractivity contribution >= 4 is 11.9 Å². The summed E-state index contributed by atoms with van der Waals surface area (Å²) in [6.45, 7) is 4.47. The summed E-state index contributed by atoms with van der Waals surface area (Å²) < 4.78 is 5.76. The molecule has 0 aromatic heterocycles. The van der Waals surface area contributed by atoms with Gasteiger partial charge in [-0.15, -0.1) is 0 Å². The molecule has 0 aliphatic heterocycles. The number of hydrogen-bond donors (Lipinski definition) is 1. The molecule has 4 nitrogen and oxygen atoms in total. The summed E-state index contributed by atoms with van der Waals surface area (Å²) in [4.78, 5) is 23.2. The highest BCUT2D eigenvalue weighted by Crippen LogP contribution is 2.17. The summed E-state index contributed by atoms with van der Waals surface area (Å²) in [7, 11) is 0. The zero-order valence-electron chi connectivity index (χ0n) is 22.7. The molecule has 0 aromatic carbocycles. The van der Waals surface area contributed by atoms with Crippen LogP contribution in [0.25, 0.3) is 0 Å². The minimum atomic E-state index is -0.774. The van der Waals surface area contributed by atoms with E-state index in [9.17, 15) is 9.59 Å². The average molecular weight is 481 g/mol. The zero-order valence-corrected chi connectivity index (χ0v) is 22.7. The van der Waals surface area contributed by atoms with Crippen molar-refractivity contribution < 1.29 is 19.4 Å². The molecule has 0 fully saturated rings. The van der Waals surface area contributed by atoms with Crippen molar-refractivity contribution in [3.63, 3.8) is 0 Å². The van der Waals surface area contributed by atoms with Crippen LogP contribution in [0.15, 0.2) is 12.2 Å². The molecule has 1 unspecified atom stereocenters. The average Bonchev–Trinajstić information content (AvgIpc) is 2.81. The highest BCUT2D eigenvalue weighted by Gasteiger charge is 2.15. The normalized spacial score (nSPS) is 12.3. The van der Waals surface area contributed by atoms with Crippen molar-refractivity contribution in [1.82, 2.24) is 0 Å². The summed E-state index contributed by atoms with van der Waals surface area (Å²) in [6, 6.07) is 0. The second kappa shape index (κ2) is 26.3.